The molecule has 3 N–H and O–H groups in total. The number of carbonyl (C=O) groups is 2. The Morgan fingerprint density at radius 3 is 2.79 bits per heavy atom. The molecule has 180 valence electrons. The number of anilines is 2. The van der Waals surface area contributed by atoms with Gasteiger partial charge in [-0.05, 0) is 44.1 Å². The largest absolute Gasteiger partial charge is 0.383 e. The molecular weight excluding hydrogens is 436 g/mol. The topological polar surface area (TPSA) is 133 Å². The lowest BCUT2D eigenvalue weighted by atomic mass is 9.92. The van der Waals surface area contributed by atoms with E-state index in [9.17, 15) is 9.59 Å². The van der Waals surface area contributed by atoms with Crippen LogP contribution in [0.2, 0.25) is 0 Å². The van der Waals surface area contributed by atoms with Crippen LogP contribution in [0.1, 0.15) is 57.0 Å². The molecule has 0 radical (unpaired) electrons. The van der Waals surface area contributed by atoms with Crippen molar-refractivity contribution in [2.24, 2.45) is 13.0 Å². The Labute approximate surface area is 197 Å². The fourth-order valence-corrected chi connectivity index (χ4v) is 4.91. The van der Waals surface area contributed by atoms with Crippen LogP contribution in [0, 0.1) is 5.92 Å². The van der Waals surface area contributed by atoms with Crippen molar-refractivity contribution in [1.29, 1.82) is 0 Å². The predicted molar refractivity (Wildman–Crippen MR) is 125 cm³/mol. The standard InChI is InChI=1S/C23H30N8O3/c1-14-6-7-18(16-8-9-29(2)28-16)30(13-14)23(33)22(32)27-17-12-25-21(24)15-11-26-31(20(15)17)19-5-3-4-10-34-19/h8-9,11-12,14,18-19H,3-7,10,13H2,1-2H3,(H2,24,25)(H,27,32)/t14-,18+,19?/m0/s1. The number of carbonyl (C=O) groups excluding carboxylic acids is 2. The van der Waals surface area contributed by atoms with Crippen LogP contribution >= 0.6 is 0 Å². The van der Waals surface area contributed by atoms with Gasteiger partial charge in [0.15, 0.2) is 6.23 Å². The van der Waals surface area contributed by atoms with Crippen LogP contribution in [0.4, 0.5) is 11.5 Å². The Morgan fingerprint density at radius 1 is 1.21 bits per heavy atom. The number of piperidine rings is 1. The number of hydrogen-bond acceptors (Lipinski definition) is 7. The second-order valence-corrected chi connectivity index (χ2v) is 9.25. The van der Waals surface area contributed by atoms with E-state index in [-0.39, 0.29) is 12.3 Å². The summed E-state index contributed by atoms with van der Waals surface area (Å²) in [6, 6.07) is 1.66. The summed E-state index contributed by atoms with van der Waals surface area (Å²) in [6.07, 6.45) is 9.25. The van der Waals surface area contributed by atoms with Crippen molar-refractivity contribution in [2.75, 3.05) is 24.2 Å². The zero-order valence-corrected chi connectivity index (χ0v) is 19.5. The summed E-state index contributed by atoms with van der Waals surface area (Å²) in [5, 5.41) is 12.3. The van der Waals surface area contributed by atoms with Crippen molar-refractivity contribution in [3.05, 3.63) is 30.4 Å². The molecule has 3 aromatic heterocycles. The normalized spacial score (nSPS) is 23.2. The molecule has 0 aliphatic carbocycles. The van der Waals surface area contributed by atoms with Crippen LogP contribution in [0.25, 0.3) is 10.9 Å². The van der Waals surface area contributed by atoms with Gasteiger partial charge in [0.2, 0.25) is 0 Å². The van der Waals surface area contributed by atoms with E-state index in [1.807, 2.05) is 19.3 Å². The summed E-state index contributed by atoms with van der Waals surface area (Å²) < 4.78 is 9.33. The summed E-state index contributed by atoms with van der Waals surface area (Å²) >= 11 is 0. The molecule has 2 aliphatic rings. The van der Waals surface area contributed by atoms with Gasteiger partial charge in [-0.25, -0.2) is 9.67 Å². The number of aromatic nitrogens is 5. The summed E-state index contributed by atoms with van der Waals surface area (Å²) in [5.74, 6) is -0.708. The van der Waals surface area contributed by atoms with Gasteiger partial charge < -0.3 is 20.7 Å². The third-order valence-corrected chi connectivity index (χ3v) is 6.68. The summed E-state index contributed by atoms with van der Waals surface area (Å²) in [5.41, 5.74) is 7.85. The van der Waals surface area contributed by atoms with Gasteiger partial charge in [0.1, 0.15) is 11.3 Å². The van der Waals surface area contributed by atoms with Gasteiger partial charge in [0, 0.05) is 26.4 Å². The van der Waals surface area contributed by atoms with Gasteiger partial charge in [-0.3, -0.25) is 14.3 Å². The second-order valence-electron chi connectivity index (χ2n) is 9.25. The fraction of sp³-hybridized carbons (Fsp3) is 0.522. The molecule has 2 aliphatic heterocycles. The maximum Gasteiger partial charge on any atom is 0.314 e. The number of likely N-dealkylation sites (tertiary alicyclic amines) is 1. The first kappa shape index (κ1) is 22.3. The highest BCUT2D eigenvalue weighted by Crippen LogP contribution is 2.34. The van der Waals surface area contributed by atoms with E-state index >= 15 is 0 Å². The predicted octanol–water partition coefficient (Wildman–Crippen LogP) is 2.38. The van der Waals surface area contributed by atoms with E-state index in [0.29, 0.717) is 41.5 Å². The third kappa shape index (κ3) is 4.11. The first-order valence-corrected chi connectivity index (χ1v) is 11.8. The number of nitrogens with zero attached hydrogens (tertiary/aromatic N) is 6. The van der Waals surface area contributed by atoms with Crippen molar-refractivity contribution < 1.29 is 14.3 Å². The molecule has 1 unspecified atom stereocenters. The monoisotopic (exact) mass is 466 g/mol. The van der Waals surface area contributed by atoms with Crippen molar-refractivity contribution in [3.63, 3.8) is 0 Å². The Hall–Kier alpha value is -3.47. The molecule has 0 spiro atoms. The van der Waals surface area contributed by atoms with E-state index in [2.05, 4.69) is 27.4 Å². The van der Waals surface area contributed by atoms with Crippen LogP contribution in [-0.2, 0) is 21.4 Å². The molecular formula is C23H30N8O3. The molecule has 3 aromatic rings. The van der Waals surface area contributed by atoms with Crippen LogP contribution in [0.5, 0.6) is 0 Å². The van der Waals surface area contributed by atoms with Crippen LogP contribution in [0.3, 0.4) is 0 Å². The number of hydrogen-bond donors (Lipinski definition) is 2. The number of nitrogens with one attached hydrogen (secondary N) is 1. The highest BCUT2D eigenvalue weighted by molar-refractivity contribution is 6.40. The van der Waals surface area contributed by atoms with E-state index in [0.717, 1.165) is 37.8 Å². The van der Waals surface area contributed by atoms with Crippen molar-refractivity contribution in [3.8, 4) is 0 Å². The number of pyridine rings is 1. The number of nitrogens with two attached hydrogens (primary N) is 1. The Balaban J connectivity index is 1.43. The molecule has 3 atom stereocenters. The van der Waals surface area contributed by atoms with Crippen molar-refractivity contribution in [1.82, 2.24) is 29.4 Å². The second kappa shape index (κ2) is 9.05. The smallest absolute Gasteiger partial charge is 0.314 e. The summed E-state index contributed by atoms with van der Waals surface area (Å²) in [6.45, 7) is 3.23. The van der Waals surface area contributed by atoms with Crippen molar-refractivity contribution in [2.45, 2.75) is 51.3 Å². The molecule has 5 rings (SSSR count). The minimum Gasteiger partial charge on any atom is -0.383 e. The lowest BCUT2D eigenvalue weighted by Gasteiger charge is -2.37. The zero-order valence-electron chi connectivity index (χ0n) is 19.5. The van der Waals surface area contributed by atoms with Gasteiger partial charge in [-0.1, -0.05) is 6.92 Å². The molecule has 0 aromatic carbocycles. The van der Waals surface area contributed by atoms with E-state index < -0.39 is 11.8 Å². The van der Waals surface area contributed by atoms with E-state index in [1.54, 1.807) is 20.5 Å². The number of fused-ring (bicyclic) bond motifs is 1. The molecule has 34 heavy (non-hydrogen) atoms. The lowest BCUT2D eigenvalue weighted by molar-refractivity contribution is -0.146. The molecule has 11 heteroatoms. The SMILES string of the molecule is C[C@H]1CC[C@H](c2ccn(C)n2)N(C(=O)C(=O)Nc2cnc(N)c3cnn(C4CCCCO4)c23)C1. The average molecular weight is 467 g/mol. The quantitative estimate of drug-likeness (QED) is 0.566. The fourth-order valence-electron chi connectivity index (χ4n) is 4.91. The maximum atomic E-state index is 13.4. The zero-order chi connectivity index (χ0) is 23.8. The first-order valence-electron chi connectivity index (χ1n) is 11.8. The van der Waals surface area contributed by atoms with E-state index in [4.69, 9.17) is 10.5 Å². The lowest BCUT2D eigenvalue weighted by Crippen LogP contribution is -2.46. The molecule has 2 amide bonds. The van der Waals surface area contributed by atoms with Crippen molar-refractivity contribution >= 4 is 34.2 Å². The van der Waals surface area contributed by atoms with Crippen LogP contribution < -0.4 is 11.1 Å². The number of rotatable bonds is 3. The van der Waals surface area contributed by atoms with Crippen LogP contribution in [0.15, 0.2) is 24.7 Å². The number of aryl methyl sites for hydroxylation is 1. The summed E-state index contributed by atoms with van der Waals surface area (Å²) in [7, 11) is 1.84. The minimum atomic E-state index is -0.722. The summed E-state index contributed by atoms with van der Waals surface area (Å²) in [4.78, 5) is 32.4. The van der Waals surface area contributed by atoms with Gasteiger partial charge in [-0.15, -0.1) is 0 Å². The molecule has 0 saturated carbocycles. The minimum absolute atomic E-state index is 0.235. The first-order chi connectivity index (χ1) is 16.4. The molecule has 11 nitrogen and oxygen atoms in total. The Kier molecular flexibility index (Phi) is 5.94. The Morgan fingerprint density at radius 2 is 2.06 bits per heavy atom. The third-order valence-electron chi connectivity index (χ3n) is 6.68. The van der Waals surface area contributed by atoms with Gasteiger partial charge in [-0.2, -0.15) is 10.2 Å². The number of ether oxygens (including phenoxy) is 1. The van der Waals surface area contributed by atoms with Crippen LogP contribution in [-0.4, -0.2) is 54.4 Å². The molecule has 5 heterocycles. The van der Waals surface area contributed by atoms with E-state index in [1.165, 1.54) is 6.20 Å². The number of amides is 2. The Bertz CT molecular complexity index is 1210. The van der Waals surface area contributed by atoms with Gasteiger partial charge >= 0.3 is 11.8 Å². The number of nitrogen functional groups attached to an aromatic ring is 1. The molecule has 2 saturated heterocycles. The van der Waals surface area contributed by atoms with Gasteiger partial charge in [0.25, 0.3) is 0 Å². The highest BCUT2D eigenvalue weighted by Gasteiger charge is 2.35. The van der Waals surface area contributed by atoms with Gasteiger partial charge in [0.05, 0.1) is 35.2 Å². The highest BCUT2D eigenvalue weighted by atomic mass is 16.5. The molecule has 0 bridgehead atoms. The molecule has 2 fully saturated rings. The maximum absolute atomic E-state index is 13.4. The average Bonchev–Trinajstić information content (AvgIpc) is 3.48.